The maximum atomic E-state index is 12.1. The molecule has 0 bridgehead atoms. The van der Waals surface area contributed by atoms with Gasteiger partial charge in [0.25, 0.3) is 0 Å². The highest BCUT2D eigenvalue weighted by Crippen LogP contribution is 2.27. The van der Waals surface area contributed by atoms with E-state index in [0.717, 1.165) is 32.5 Å². The summed E-state index contributed by atoms with van der Waals surface area (Å²) in [5.74, 6) is 1.47. The van der Waals surface area contributed by atoms with Gasteiger partial charge in [0.2, 0.25) is 5.91 Å². The first-order valence-corrected chi connectivity index (χ1v) is 7.22. The topological polar surface area (TPSA) is 41.6 Å². The summed E-state index contributed by atoms with van der Waals surface area (Å²) in [6, 6.07) is 0.333. The standard InChI is InChI=1S/C14H26N2O2/c1-10(2)8-13-15-9-14(17)16(13)11(3)12-4-6-18-7-5-12/h10-13,15H,4-9H2,1-3H3. The molecular formula is C14H26N2O2. The Kier molecular flexibility index (Phi) is 4.62. The lowest BCUT2D eigenvalue weighted by atomic mass is 9.91. The van der Waals surface area contributed by atoms with Crippen molar-refractivity contribution in [3.63, 3.8) is 0 Å². The summed E-state index contributed by atoms with van der Waals surface area (Å²) in [6.45, 7) is 8.82. The van der Waals surface area contributed by atoms with Gasteiger partial charge in [0.1, 0.15) is 0 Å². The van der Waals surface area contributed by atoms with Gasteiger partial charge < -0.3 is 9.64 Å². The minimum absolute atomic E-state index is 0.232. The van der Waals surface area contributed by atoms with E-state index in [2.05, 4.69) is 31.0 Å². The average Bonchev–Trinajstić information content (AvgIpc) is 2.70. The fourth-order valence-electron chi connectivity index (χ4n) is 3.15. The van der Waals surface area contributed by atoms with E-state index in [9.17, 15) is 4.79 Å². The zero-order valence-electron chi connectivity index (χ0n) is 11.8. The molecule has 0 spiro atoms. The molecule has 2 saturated heterocycles. The van der Waals surface area contributed by atoms with E-state index in [4.69, 9.17) is 4.74 Å². The lowest BCUT2D eigenvalue weighted by molar-refractivity contribution is -0.132. The van der Waals surface area contributed by atoms with Crippen molar-refractivity contribution in [2.45, 2.75) is 52.2 Å². The molecule has 0 radical (unpaired) electrons. The van der Waals surface area contributed by atoms with Crippen molar-refractivity contribution in [2.24, 2.45) is 11.8 Å². The molecule has 2 aliphatic heterocycles. The molecule has 1 N–H and O–H groups in total. The molecule has 4 nitrogen and oxygen atoms in total. The van der Waals surface area contributed by atoms with Gasteiger partial charge in [-0.2, -0.15) is 0 Å². The summed E-state index contributed by atoms with van der Waals surface area (Å²) in [5, 5.41) is 3.35. The molecule has 0 aromatic rings. The number of hydrogen-bond donors (Lipinski definition) is 1. The zero-order chi connectivity index (χ0) is 13.1. The fraction of sp³-hybridized carbons (Fsp3) is 0.929. The maximum absolute atomic E-state index is 12.1. The van der Waals surface area contributed by atoms with Gasteiger partial charge in [0.05, 0.1) is 12.7 Å². The number of carbonyl (C=O) groups is 1. The quantitative estimate of drug-likeness (QED) is 0.828. The molecule has 104 valence electrons. The highest BCUT2D eigenvalue weighted by atomic mass is 16.5. The lowest BCUT2D eigenvalue weighted by Gasteiger charge is -2.37. The highest BCUT2D eigenvalue weighted by molar-refractivity contribution is 5.81. The fourth-order valence-corrected chi connectivity index (χ4v) is 3.15. The van der Waals surface area contributed by atoms with Crippen LogP contribution in [-0.2, 0) is 9.53 Å². The van der Waals surface area contributed by atoms with Gasteiger partial charge >= 0.3 is 0 Å². The van der Waals surface area contributed by atoms with Gasteiger partial charge in [-0.1, -0.05) is 13.8 Å². The molecule has 2 fully saturated rings. The molecule has 0 aromatic heterocycles. The van der Waals surface area contributed by atoms with Crippen LogP contribution in [0.25, 0.3) is 0 Å². The molecular weight excluding hydrogens is 228 g/mol. The smallest absolute Gasteiger partial charge is 0.238 e. The molecule has 0 aromatic carbocycles. The van der Waals surface area contributed by atoms with Gasteiger partial charge in [-0.3, -0.25) is 10.1 Å². The first kappa shape index (κ1) is 13.8. The van der Waals surface area contributed by atoms with E-state index in [1.54, 1.807) is 0 Å². The number of hydrogen-bond acceptors (Lipinski definition) is 3. The number of nitrogens with zero attached hydrogens (tertiary/aromatic N) is 1. The Morgan fingerprint density at radius 3 is 2.61 bits per heavy atom. The summed E-state index contributed by atoms with van der Waals surface area (Å²) >= 11 is 0. The molecule has 2 unspecified atom stereocenters. The molecule has 2 rings (SSSR count). The van der Waals surface area contributed by atoms with Crippen LogP contribution in [0, 0.1) is 11.8 Å². The second-order valence-corrected chi connectivity index (χ2v) is 6.02. The van der Waals surface area contributed by atoms with E-state index in [-0.39, 0.29) is 12.1 Å². The molecule has 18 heavy (non-hydrogen) atoms. The maximum Gasteiger partial charge on any atom is 0.238 e. The van der Waals surface area contributed by atoms with Crippen molar-refractivity contribution in [1.82, 2.24) is 10.2 Å². The molecule has 0 aliphatic carbocycles. The summed E-state index contributed by atoms with van der Waals surface area (Å²) in [5.41, 5.74) is 0. The third-order valence-electron chi connectivity index (χ3n) is 4.19. The van der Waals surface area contributed by atoms with Crippen LogP contribution in [0.4, 0.5) is 0 Å². The van der Waals surface area contributed by atoms with Crippen LogP contribution in [0.2, 0.25) is 0 Å². The SMILES string of the molecule is CC(C)CC1NCC(=O)N1C(C)C1CCOCC1. The van der Waals surface area contributed by atoms with Crippen LogP contribution in [0.15, 0.2) is 0 Å². The predicted molar refractivity (Wildman–Crippen MR) is 71.1 cm³/mol. The number of rotatable bonds is 4. The first-order chi connectivity index (χ1) is 8.59. The Morgan fingerprint density at radius 2 is 2.00 bits per heavy atom. The third-order valence-corrected chi connectivity index (χ3v) is 4.19. The van der Waals surface area contributed by atoms with E-state index in [0.29, 0.717) is 24.4 Å². The van der Waals surface area contributed by atoms with Crippen molar-refractivity contribution in [1.29, 1.82) is 0 Å². The van der Waals surface area contributed by atoms with Crippen LogP contribution in [0.3, 0.4) is 0 Å². The normalized spacial score (nSPS) is 28.1. The molecule has 0 saturated carbocycles. The number of amides is 1. The molecule has 2 atom stereocenters. The van der Waals surface area contributed by atoms with Gasteiger partial charge in [-0.15, -0.1) is 0 Å². The van der Waals surface area contributed by atoms with Gasteiger partial charge in [-0.25, -0.2) is 0 Å². The monoisotopic (exact) mass is 254 g/mol. The average molecular weight is 254 g/mol. The van der Waals surface area contributed by atoms with Crippen LogP contribution in [0.5, 0.6) is 0 Å². The summed E-state index contributed by atoms with van der Waals surface area (Å²) in [7, 11) is 0. The molecule has 4 heteroatoms. The van der Waals surface area contributed by atoms with E-state index >= 15 is 0 Å². The predicted octanol–water partition coefficient (Wildman–Crippen LogP) is 1.61. The Bertz CT molecular complexity index is 288. The lowest BCUT2D eigenvalue weighted by Crippen LogP contribution is -2.48. The Balaban J connectivity index is 2.00. The van der Waals surface area contributed by atoms with Crippen LogP contribution in [0.1, 0.15) is 40.0 Å². The number of carbonyl (C=O) groups excluding carboxylic acids is 1. The van der Waals surface area contributed by atoms with Gasteiger partial charge in [0.15, 0.2) is 0 Å². The largest absolute Gasteiger partial charge is 0.381 e. The van der Waals surface area contributed by atoms with E-state index < -0.39 is 0 Å². The Morgan fingerprint density at radius 1 is 1.33 bits per heavy atom. The minimum atomic E-state index is 0.232. The molecule has 2 heterocycles. The van der Waals surface area contributed by atoms with Gasteiger partial charge in [0, 0.05) is 19.3 Å². The Hall–Kier alpha value is -0.610. The van der Waals surface area contributed by atoms with Crippen molar-refractivity contribution in [3.8, 4) is 0 Å². The van der Waals surface area contributed by atoms with Crippen molar-refractivity contribution in [3.05, 3.63) is 0 Å². The van der Waals surface area contributed by atoms with E-state index in [1.165, 1.54) is 0 Å². The van der Waals surface area contributed by atoms with Crippen molar-refractivity contribution in [2.75, 3.05) is 19.8 Å². The Labute approximate surface area is 110 Å². The first-order valence-electron chi connectivity index (χ1n) is 7.22. The van der Waals surface area contributed by atoms with E-state index in [1.807, 2.05) is 0 Å². The minimum Gasteiger partial charge on any atom is -0.381 e. The van der Waals surface area contributed by atoms with Crippen LogP contribution >= 0.6 is 0 Å². The van der Waals surface area contributed by atoms with Crippen molar-refractivity contribution < 1.29 is 9.53 Å². The third kappa shape index (κ3) is 3.04. The summed E-state index contributed by atoms with van der Waals surface area (Å²) < 4.78 is 5.41. The zero-order valence-corrected chi connectivity index (χ0v) is 11.8. The number of ether oxygens (including phenoxy) is 1. The second kappa shape index (κ2) is 6.02. The number of nitrogens with one attached hydrogen (secondary N) is 1. The van der Waals surface area contributed by atoms with Crippen LogP contribution in [-0.4, -0.2) is 42.8 Å². The van der Waals surface area contributed by atoms with Crippen molar-refractivity contribution >= 4 is 5.91 Å². The highest BCUT2D eigenvalue weighted by Gasteiger charge is 2.37. The summed E-state index contributed by atoms with van der Waals surface area (Å²) in [4.78, 5) is 14.2. The molecule has 1 amide bonds. The summed E-state index contributed by atoms with van der Waals surface area (Å²) in [6.07, 6.45) is 3.44. The van der Waals surface area contributed by atoms with Gasteiger partial charge in [-0.05, 0) is 38.0 Å². The second-order valence-electron chi connectivity index (χ2n) is 6.02. The van der Waals surface area contributed by atoms with Crippen LogP contribution < -0.4 is 5.32 Å². The molecule has 2 aliphatic rings.